The number of carboxylic acid groups (broad SMARTS) is 2. The van der Waals surface area contributed by atoms with Gasteiger partial charge in [0, 0.05) is 0 Å². The third-order valence-electron chi connectivity index (χ3n) is 6.16. The van der Waals surface area contributed by atoms with Crippen LogP contribution in [0.2, 0.25) is 0 Å². The van der Waals surface area contributed by atoms with Crippen LogP contribution in [-0.2, 0) is 12.8 Å². The minimum atomic E-state index is -0.993. The first-order valence-corrected chi connectivity index (χ1v) is 11.7. The molecule has 0 spiro atoms. The molecule has 0 aromatic heterocycles. The molecule has 2 N–H and O–H groups in total. The molecular formula is C29H32O4. The maximum atomic E-state index is 12.2. The van der Waals surface area contributed by atoms with Crippen molar-refractivity contribution in [3.8, 4) is 22.3 Å². The molecule has 4 nitrogen and oxygen atoms in total. The first-order chi connectivity index (χ1) is 15.9. The van der Waals surface area contributed by atoms with Gasteiger partial charge in [0.15, 0.2) is 0 Å². The molecule has 0 atom stereocenters. The lowest BCUT2D eigenvalue weighted by molar-refractivity contribution is 0.0686. The molecule has 33 heavy (non-hydrogen) atoms. The van der Waals surface area contributed by atoms with Crippen molar-refractivity contribution >= 4 is 11.9 Å². The lowest BCUT2D eigenvalue weighted by Crippen LogP contribution is -2.08. The molecule has 3 aromatic rings. The highest BCUT2D eigenvalue weighted by atomic mass is 16.4. The van der Waals surface area contributed by atoms with Crippen LogP contribution in [0.25, 0.3) is 22.3 Å². The van der Waals surface area contributed by atoms with E-state index < -0.39 is 11.9 Å². The zero-order valence-corrected chi connectivity index (χ0v) is 19.6. The summed E-state index contributed by atoms with van der Waals surface area (Å²) in [5.74, 6) is -1.98. The Morgan fingerprint density at radius 2 is 1.21 bits per heavy atom. The second kappa shape index (κ2) is 11.0. The average Bonchev–Trinajstić information content (AvgIpc) is 2.81. The van der Waals surface area contributed by atoms with Crippen molar-refractivity contribution in [2.45, 2.75) is 59.3 Å². The topological polar surface area (TPSA) is 74.6 Å². The van der Waals surface area contributed by atoms with Crippen molar-refractivity contribution < 1.29 is 19.8 Å². The standard InChI is InChI=1S/C29H32O4/c1-4-6-12-20-18-19(3)26(22-14-8-10-16-24(22)28(30)31)27(21(20)13-7-5-2)23-15-9-11-17-25(23)29(32)33/h8-11,14-18H,4-7,12-13H2,1-3H3,(H,30,31)(H,32,33). The molecule has 4 heteroatoms. The second-order valence-electron chi connectivity index (χ2n) is 8.49. The summed E-state index contributed by atoms with van der Waals surface area (Å²) in [6.07, 6.45) is 5.84. The van der Waals surface area contributed by atoms with E-state index in [2.05, 4.69) is 19.9 Å². The number of carbonyl (C=O) groups is 2. The monoisotopic (exact) mass is 444 g/mol. The van der Waals surface area contributed by atoms with E-state index in [4.69, 9.17) is 0 Å². The maximum absolute atomic E-state index is 12.2. The van der Waals surface area contributed by atoms with Crippen molar-refractivity contribution in [2.24, 2.45) is 0 Å². The SMILES string of the molecule is CCCCc1cc(C)c(-c2ccccc2C(=O)O)c(-c2ccccc2C(=O)O)c1CCCC. The van der Waals surface area contributed by atoms with E-state index in [9.17, 15) is 19.8 Å². The molecule has 0 aliphatic heterocycles. The van der Waals surface area contributed by atoms with E-state index in [0.717, 1.165) is 60.8 Å². The smallest absolute Gasteiger partial charge is 0.336 e. The summed E-state index contributed by atoms with van der Waals surface area (Å²) in [5.41, 5.74) is 6.73. The van der Waals surface area contributed by atoms with E-state index in [-0.39, 0.29) is 11.1 Å². The van der Waals surface area contributed by atoms with Crippen LogP contribution in [0.3, 0.4) is 0 Å². The highest BCUT2D eigenvalue weighted by Gasteiger charge is 2.24. The summed E-state index contributed by atoms with van der Waals surface area (Å²) in [6, 6.07) is 16.2. The molecule has 0 saturated carbocycles. The minimum Gasteiger partial charge on any atom is -0.478 e. The predicted molar refractivity (Wildman–Crippen MR) is 133 cm³/mol. The molecule has 0 amide bonds. The molecule has 0 bridgehead atoms. The summed E-state index contributed by atoms with van der Waals surface area (Å²) in [6.45, 7) is 6.31. The zero-order valence-electron chi connectivity index (χ0n) is 19.6. The average molecular weight is 445 g/mol. The predicted octanol–water partition coefficient (Wildman–Crippen LogP) is 7.41. The van der Waals surface area contributed by atoms with Crippen LogP contribution in [0.1, 0.15) is 76.9 Å². The number of benzene rings is 3. The van der Waals surface area contributed by atoms with Crippen LogP contribution in [0.15, 0.2) is 54.6 Å². The van der Waals surface area contributed by atoms with Crippen molar-refractivity contribution in [3.05, 3.63) is 82.4 Å². The van der Waals surface area contributed by atoms with E-state index in [1.807, 2.05) is 31.2 Å². The summed E-state index contributed by atoms with van der Waals surface area (Å²) in [4.78, 5) is 24.3. The van der Waals surface area contributed by atoms with Crippen molar-refractivity contribution in [3.63, 3.8) is 0 Å². The number of aryl methyl sites for hydroxylation is 2. The first kappa shape index (κ1) is 24.2. The Bertz CT molecular complexity index is 1160. The van der Waals surface area contributed by atoms with Gasteiger partial charge in [0.25, 0.3) is 0 Å². The summed E-state index contributed by atoms with van der Waals surface area (Å²) >= 11 is 0. The van der Waals surface area contributed by atoms with Crippen LogP contribution >= 0.6 is 0 Å². The van der Waals surface area contributed by atoms with Crippen LogP contribution in [-0.4, -0.2) is 22.2 Å². The number of aromatic carboxylic acids is 2. The molecular weight excluding hydrogens is 412 g/mol. The number of unbranched alkanes of at least 4 members (excludes halogenated alkanes) is 2. The fourth-order valence-corrected chi connectivity index (χ4v) is 4.58. The van der Waals surface area contributed by atoms with Crippen LogP contribution in [0.4, 0.5) is 0 Å². The molecule has 0 aliphatic carbocycles. The number of hydrogen-bond donors (Lipinski definition) is 2. The Hall–Kier alpha value is -3.40. The normalized spacial score (nSPS) is 10.9. The maximum Gasteiger partial charge on any atom is 0.336 e. The Morgan fingerprint density at radius 3 is 1.73 bits per heavy atom. The Labute approximate surface area is 195 Å². The Balaban J connectivity index is 2.49. The van der Waals surface area contributed by atoms with E-state index in [1.165, 1.54) is 5.56 Å². The molecule has 0 aliphatic rings. The lowest BCUT2D eigenvalue weighted by Gasteiger charge is -2.24. The molecule has 172 valence electrons. The van der Waals surface area contributed by atoms with Crippen molar-refractivity contribution in [1.29, 1.82) is 0 Å². The number of carboxylic acids is 2. The minimum absolute atomic E-state index is 0.220. The lowest BCUT2D eigenvalue weighted by atomic mass is 9.80. The van der Waals surface area contributed by atoms with Crippen molar-refractivity contribution in [2.75, 3.05) is 0 Å². The Morgan fingerprint density at radius 1 is 0.727 bits per heavy atom. The molecule has 0 heterocycles. The van der Waals surface area contributed by atoms with Gasteiger partial charge in [0.05, 0.1) is 11.1 Å². The summed E-state index contributed by atoms with van der Waals surface area (Å²) in [5, 5.41) is 19.9. The zero-order chi connectivity index (χ0) is 24.0. The third kappa shape index (κ3) is 5.16. The third-order valence-corrected chi connectivity index (χ3v) is 6.16. The van der Waals surface area contributed by atoms with Gasteiger partial charge in [0.2, 0.25) is 0 Å². The van der Waals surface area contributed by atoms with E-state index in [1.54, 1.807) is 24.3 Å². The molecule has 3 aromatic carbocycles. The van der Waals surface area contributed by atoms with Gasteiger partial charge in [-0.3, -0.25) is 0 Å². The summed E-state index contributed by atoms with van der Waals surface area (Å²) in [7, 11) is 0. The second-order valence-corrected chi connectivity index (χ2v) is 8.49. The van der Waals surface area contributed by atoms with Gasteiger partial charge in [-0.25, -0.2) is 9.59 Å². The van der Waals surface area contributed by atoms with Gasteiger partial charge < -0.3 is 10.2 Å². The fraction of sp³-hybridized carbons (Fsp3) is 0.310. The van der Waals surface area contributed by atoms with Crippen molar-refractivity contribution in [1.82, 2.24) is 0 Å². The largest absolute Gasteiger partial charge is 0.478 e. The first-order valence-electron chi connectivity index (χ1n) is 11.7. The highest BCUT2D eigenvalue weighted by molar-refractivity contribution is 6.04. The van der Waals surface area contributed by atoms with Gasteiger partial charge in [-0.1, -0.05) is 69.2 Å². The number of rotatable bonds is 10. The Kier molecular flexibility index (Phi) is 8.05. The van der Waals surface area contributed by atoms with Crippen LogP contribution in [0.5, 0.6) is 0 Å². The summed E-state index contributed by atoms with van der Waals surface area (Å²) < 4.78 is 0. The van der Waals surface area contributed by atoms with Gasteiger partial charge in [0.1, 0.15) is 0 Å². The van der Waals surface area contributed by atoms with E-state index >= 15 is 0 Å². The van der Waals surface area contributed by atoms with Crippen LogP contribution in [0, 0.1) is 6.92 Å². The van der Waals surface area contributed by atoms with Gasteiger partial charge in [-0.15, -0.1) is 0 Å². The quantitative estimate of drug-likeness (QED) is 0.341. The van der Waals surface area contributed by atoms with Gasteiger partial charge >= 0.3 is 11.9 Å². The molecule has 0 unspecified atom stereocenters. The highest BCUT2D eigenvalue weighted by Crippen LogP contribution is 2.43. The van der Waals surface area contributed by atoms with Gasteiger partial charge in [-0.05, 0) is 83.7 Å². The van der Waals surface area contributed by atoms with Crippen LogP contribution < -0.4 is 0 Å². The van der Waals surface area contributed by atoms with Gasteiger partial charge in [-0.2, -0.15) is 0 Å². The van der Waals surface area contributed by atoms with E-state index in [0.29, 0.717) is 11.1 Å². The molecule has 0 saturated heterocycles. The number of hydrogen-bond acceptors (Lipinski definition) is 2. The molecule has 0 fully saturated rings. The molecule has 3 rings (SSSR count). The fourth-order valence-electron chi connectivity index (χ4n) is 4.58. The molecule has 0 radical (unpaired) electrons.